The van der Waals surface area contributed by atoms with Gasteiger partial charge >= 0.3 is 0 Å². The van der Waals surface area contributed by atoms with Crippen LogP contribution in [0.25, 0.3) is 5.57 Å². The highest BCUT2D eigenvalue weighted by Gasteiger charge is 2.04. The van der Waals surface area contributed by atoms with Gasteiger partial charge < -0.3 is 0 Å². The van der Waals surface area contributed by atoms with Gasteiger partial charge in [-0.05, 0) is 11.1 Å². The molecule has 0 saturated carbocycles. The Hall–Kier alpha value is -1.12. The van der Waals surface area contributed by atoms with Crippen molar-refractivity contribution < 1.29 is 4.84 Å². The van der Waals surface area contributed by atoms with Crippen LogP contribution in [0.2, 0.25) is 0 Å². The standard InChI is InChI=1S/C10H11NO/c1-2-4-9(5-3-1)10-6-7-11-12-8-10/h1-6,11H,7-8H2. The Morgan fingerprint density at radius 1 is 1.17 bits per heavy atom. The zero-order valence-electron chi connectivity index (χ0n) is 6.79. The van der Waals surface area contributed by atoms with Crippen molar-refractivity contribution in [1.29, 1.82) is 0 Å². The summed E-state index contributed by atoms with van der Waals surface area (Å²) in [5.41, 5.74) is 5.32. The minimum Gasteiger partial charge on any atom is -0.297 e. The molecule has 1 heterocycles. The van der Waals surface area contributed by atoms with E-state index in [0.717, 1.165) is 6.54 Å². The third-order valence-electron chi connectivity index (χ3n) is 1.91. The second-order valence-corrected chi connectivity index (χ2v) is 2.73. The summed E-state index contributed by atoms with van der Waals surface area (Å²) in [7, 11) is 0. The predicted molar refractivity (Wildman–Crippen MR) is 48.4 cm³/mol. The van der Waals surface area contributed by atoms with Gasteiger partial charge in [0.2, 0.25) is 0 Å². The van der Waals surface area contributed by atoms with Crippen LogP contribution in [0, 0.1) is 0 Å². The van der Waals surface area contributed by atoms with E-state index in [-0.39, 0.29) is 0 Å². The summed E-state index contributed by atoms with van der Waals surface area (Å²) < 4.78 is 0. The molecule has 1 aromatic rings. The first-order valence-corrected chi connectivity index (χ1v) is 4.06. The van der Waals surface area contributed by atoms with Crippen molar-refractivity contribution in [3.63, 3.8) is 0 Å². The molecule has 0 radical (unpaired) electrons. The van der Waals surface area contributed by atoms with Crippen LogP contribution in [0.15, 0.2) is 36.4 Å². The third kappa shape index (κ3) is 1.55. The largest absolute Gasteiger partial charge is 0.297 e. The van der Waals surface area contributed by atoms with Crippen molar-refractivity contribution in [3.8, 4) is 0 Å². The highest BCUT2D eigenvalue weighted by atomic mass is 16.6. The molecule has 2 nitrogen and oxygen atoms in total. The molecule has 1 aliphatic rings. The lowest BCUT2D eigenvalue weighted by atomic mass is 10.1. The van der Waals surface area contributed by atoms with E-state index in [0.29, 0.717) is 6.61 Å². The van der Waals surface area contributed by atoms with Crippen LogP contribution in [-0.2, 0) is 4.84 Å². The van der Waals surface area contributed by atoms with Crippen LogP contribution >= 0.6 is 0 Å². The van der Waals surface area contributed by atoms with Gasteiger partial charge in [-0.3, -0.25) is 4.84 Å². The monoisotopic (exact) mass is 161 g/mol. The van der Waals surface area contributed by atoms with E-state index >= 15 is 0 Å². The molecule has 2 rings (SSSR count). The molecule has 62 valence electrons. The van der Waals surface area contributed by atoms with Crippen LogP contribution in [0.1, 0.15) is 5.56 Å². The van der Waals surface area contributed by atoms with Crippen LogP contribution in [-0.4, -0.2) is 13.2 Å². The average molecular weight is 161 g/mol. The molecular formula is C10H11NO. The van der Waals surface area contributed by atoms with Crippen LogP contribution in [0.4, 0.5) is 0 Å². The molecule has 0 aromatic heterocycles. The van der Waals surface area contributed by atoms with Crippen LogP contribution in [0.5, 0.6) is 0 Å². The fourth-order valence-corrected chi connectivity index (χ4v) is 1.26. The number of hydroxylamine groups is 1. The molecule has 0 aliphatic carbocycles. The van der Waals surface area contributed by atoms with E-state index in [1.807, 2.05) is 18.2 Å². The molecule has 0 atom stereocenters. The first-order valence-electron chi connectivity index (χ1n) is 4.06. The van der Waals surface area contributed by atoms with Crippen LogP contribution in [0.3, 0.4) is 0 Å². The fraction of sp³-hybridized carbons (Fsp3) is 0.200. The Labute approximate surface area is 71.8 Å². The van der Waals surface area contributed by atoms with Gasteiger partial charge in [-0.25, -0.2) is 0 Å². The zero-order chi connectivity index (χ0) is 8.23. The van der Waals surface area contributed by atoms with E-state index < -0.39 is 0 Å². The fourth-order valence-electron chi connectivity index (χ4n) is 1.26. The summed E-state index contributed by atoms with van der Waals surface area (Å²) in [4.78, 5) is 5.12. The molecular weight excluding hydrogens is 150 g/mol. The Morgan fingerprint density at radius 3 is 2.67 bits per heavy atom. The Bertz CT molecular complexity index is 279. The topological polar surface area (TPSA) is 21.3 Å². The van der Waals surface area contributed by atoms with Crippen LogP contribution < -0.4 is 5.48 Å². The second kappa shape index (κ2) is 3.52. The lowest BCUT2D eigenvalue weighted by Crippen LogP contribution is -2.21. The second-order valence-electron chi connectivity index (χ2n) is 2.73. The van der Waals surface area contributed by atoms with E-state index in [9.17, 15) is 0 Å². The van der Waals surface area contributed by atoms with Crippen molar-refractivity contribution in [2.45, 2.75) is 0 Å². The van der Waals surface area contributed by atoms with Gasteiger partial charge in [0.25, 0.3) is 0 Å². The van der Waals surface area contributed by atoms with Gasteiger partial charge in [0.15, 0.2) is 0 Å². The number of nitrogens with one attached hydrogen (secondary N) is 1. The predicted octanol–water partition coefficient (Wildman–Crippen LogP) is 1.60. The highest BCUT2D eigenvalue weighted by molar-refractivity contribution is 5.66. The highest BCUT2D eigenvalue weighted by Crippen LogP contribution is 2.14. The quantitative estimate of drug-likeness (QED) is 0.675. The summed E-state index contributed by atoms with van der Waals surface area (Å²) in [5.74, 6) is 0. The van der Waals surface area contributed by atoms with Gasteiger partial charge in [0.05, 0.1) is 6.61 Å². The van der Waals surface area contributed by atoms with Gasteiger partial charge in [-0.1, -0.05) is 36.4 Å². The summed E-state index contributed by atoms with van der Waals surface area (Å²) in [6, 6.07) is 10.3. The molecule has 1 aromatic carbocycles. The maximum absolute atomic E-state index is 5.12. The molecule has 1 N–H and O–H groups in total. The maximum atomic E-state index is 5.12. The third-order valence-corrected chi connectivity index (χ3v) is 1.91. The van der Waals surface area contributed by atoms with E-state index in [2.05, 4.69) is 23.7 Å². The minimum absolute atomic E-state index is 0.657. The number of benzene rings is 1. The van der Waals surface area contributed by atoms with Crippen molar-refractivity contribution in [3.05, 3.63) is 42.0 Å². The molecule has 0 unspecified atom stereocenters. The van der Waals surface area contributed by atoms with Crippen molar-refractivity contribution >= 4 is 5.57 Å². The minimum atomic E-state index is 0.657. The van der Waals surface area contributed by atoms with E-state index in [1.54, 1.807) is 0 Å². The Morgan fingerprint density at radius 2 is 2.00 bits per heavy atom. The lowest BCUT2D eigenvalue weighted by Gasteiger charge is -2.13. The van der Waals surface area contributed by atoms with Crippen molar-refractivity contribution in [2.75, 3.05) is 13.2 Å². The normalized spacial score (nSPS) is 17.2. The summed E-state index contributed by atoms with van der Waals surface area (Å²) >= 11 is 0. The number of hydrogen-bond donors (Lipinski definition) is 1. The van der Waals surface area contributed by atoms with Crippen molar-refractivity contribution in [1.82, 2.24) is 5.48 Å². The molecule has 1 aliphatic heterocycles. The lowest BCUT2D eigenvalue weighted by molar-refractivity contribution is 0.0678. The first kappa shape index (κ1) is 7.53. The van der Waals surface area contributed by atoms with Gasteiger partial charge in [0, 0.05) is 6.54 Å². The van der Waals surface area contributed by atoms with Crippen molar-refractivity contribution in [2.24, 2.45) is 0 Å². The number of rotatable bonds is 1. The van der Waals surface area contributed by atoms with Gasteiger partial charge in [-0.15, -0.1) is 0 Å². The molecule has 0 amide bonds. The molecule has 0 spiro atoms. The molecule has 2 heteroatoms. The van der Waals surface area contributed by atoms with Gasteiger partial charge in [-0.2, -0.15) is 5.48 Å². The number of hydrogen-bond acceptors (Lipinski definition) is 2. The smallest absolute Gasteiger partial charge is 0.0936 e. The summed E-state index contributed by atoms with van der Waals surface area (Å²) in [5, 5.41) is 0. The van der Waals surface area contributed by atoms with E-state index in [1.165, 1.54) is 11.1 Å². The van der Waals surface area contributed by atoms with Gasteiger partial charge in [0.1, 0.15) is 0 Å². The molecule has 0 bridgehead atoms. The summed E-state index contributed by atoms with van der Waals surface area (Å²) in [6.45, 7) is 1.45. The zero-order valence-corrected chi connectivity index (χ0v) is 6.79. The summed E-state index contributed by atoms with van der Waals surface area (Å²) in [6.07, 6.45) is 2.15. The Balaban J connectivity index is 2.24. The SMILES string of the molecule is C1=C(c2ccccc2)CONC1. The first-order chi connectivity index (χ1) is 5.97. The molecule has 12 heavy (non-hydrogen) atoms. The molecule has 0 saturated heterocycles. The average Bonchev–Trinajstić information content (AvgIpc) is 2.21. The molecule has 0 fully saturated rings. The van der Waals surface area contributed by atoms with E-state index in [4.69, 9.17) is 4.84 Å². The Kier molecular flexibility index (Phi) is 2.21. The maximum Gasteiger partial charge on any atom is 0.0936 e.